The molecule has 4 rings (SSSR count). The van der Waals surface area contributed by atoms with E-state index in [9.17, 15) is 4.79 Å². The maximum absolute atomic E-state index is 13.0. The number of aromatic nitrogens is 3. The minimum absolute atomic E-state index is 0.00495. The number of thioether (sulfide) groups is 1. The number of likely N-dealkylation sites (N-methyl/N-ethyl adjacent to an activating group) is 1. The number of hydrogen-bond donors (Lipinski definition) is 3. The van der Waals surface area contributed by atoms with Crippen LogP contribution in [0.5, 0.6) is 0 Å². The summed E-state index contributed by atoms with van der Waals surface area (Å²) in [7, 11) is 4.06. The van der Waals surface area contributed by atoms with E-state index < -0.39 is 0 Å². The van der Waals surface area contributed by atoms with Gasteiger partial charge in [-0.25, -0.2) is 4.98 Å². The smallest absolute Gasteiger partial charge is 0.287 e. The Hall–Kier alpha value is -3.04. The number of furan rings is 2. The molecule has 150 valence electrons. The van der Waals surface area contributed by atoms with Crippen LogP contribution in [0.15, 0.2) is 63.0 Å². The first kappa shape index (κ1) is 19.3. The van der Waals surface area contributed by atoms with Crippen LogP contribution in [-0.4, -0.2) is 41.7 Å². The van der Waals surface area contributed by atoms with Crippen molar-refractivity contribution in [3.8, 4) is 0 Å². The zero-order valence-electron chi connectivity index (χ0n) is 16.1. The van der Waals surface area contributed by atoms with Crippen LogP contribution in [0.1, 0.15) is 27.9 Å². The van der Waals surface area contributed by atoms with Crippen molar-refractivity contribution in [3.63, 3.8) is 0 Å². The molecule has 8 nitrogen and oxygen atoms in total. The van der Waals surface area contributed by atoms with Crippen molar-refractivity contribution in [1.82, 2.24) is 20.5 Å². The van der Waals surface area contributed by atoms with Crippen LogP contribution in [-0.2, 0) is 5.75 Å². The molecule has 0 radical (unpaired) electrons. The highest BCUT2D eigenvalue weighted by Gasteiger charge is 2.25. The number of nitrogens with one attached hydrogen (secondary N) is 3. The quantitative estimate of drug-likeness (QED) is 0.383. The normalized spacial score (nSPS) is 12.5. The van der Waals surface area contributed by atoms with Crippen LogP contribution >= 0.6 is 11.8 Å². The topological polar surface area (TPSA) is 101 Å². The molecule has 1 atom stereocenters. The van der Waals surface area contributed by atoms with Gasteiger partial charge in [-0.15, -0.1) is 0 Å². The lowest BCUT2D eigenvalue weighted by atomic mass is 10.1. The van der Waals surface area contributed by atoms with Crippen LogP contribution in [0.25, 0.3) is 11.0 Å². The fourth-order valence-corrected chi connectivity index (χ4v) is 3.99. The third kappa shape index (κ3) is 4.20. The van der Waals surface area contributed by atoms with Gasteiger partial charge in [-0.3, -0.25) is 9.89 Å². The summed E-state index contributed by atoms with van der Waals surface area (Å²) < 4.78 is 11.4. The van der Waals surface area contributed by atoms with E-state index in [1.54, 1.807) is 6.26 Å². The summed E-state index contributed by atoms with van der Waals surface area (Å²) in [5.74, 6) is 1.45. The van der Waals surface area contributed by atoms with Crippen molar-refractivity contribution in [1.29, 1.82) is 0 Å². The second-order valence-electron chi connectivity index (χ2n) is 6.84. The van der Waals surface area contributed by atoms with Crippen molar-refractivity contribution in [2.75, 3.05) is 20.6 Å². The molecule has 0 aliphatic carbocycles. The second-order valence-corrected chi connectivity index (χ2v) is 7.80. The first-order valence-corrected chi connectivity index (χ1v) is 10.2. The summed E-state index contributed by atoms with van der Waals surface area (Å²) in [4.78, 5) is 18.3. The average molecular weight is 412 g/mol. The predicted octanol–water partition coefficient (Wildman–Crippen LogP) is 2.05. The number of fused-ring (bicyclic) bond motifs is 1. The minimum Gasteiger partial charge on any atom is -0.463 e. The molecule has 0 spiro atoms. The van der Waals surface area contributed by atoms with Crippen LogP contribution in [0.4, 0.5) is 0 Å². The van der Waals surface area contributed by atoms with Crippen molar-refractivity contribution in [2.24, 2.45) is 0 Å². The number of nitrogens with zero attached hydrogens (tertiary/aromatic N) is 2. The van der Waals surface area contributed by atoms with Gasteiger partial charge in [0, 0.05) is 16.7 Å². The fraction of sp³-hybridized carbons (Fsp3) is 0.250. The largest absolute Gasteiger partial charge is 0.463 e. The van der Waals surface area contributed by atoms with Gasteiger partial charge in [-0.05, 0) is 18.2 Å². The van der Waals surface area contributed by atoms with E-state index in [0.29, 0.717) is 28.8 Å². The fourth-order valence-electron chi connectivity index (χ4n) is 3.18. The summed E-state index contributed by atoms with van der Waals surface area (Å²) in [6.07, 6.45) is 3.10. The van der Waals surface area contributed by atoms with E-state index >= 15 is 0 Å². The monoisotopic (exact) mass is 412 g/mol. The van der Waals surface area contributed by atoms with Crippen molar-refractivity contribution < 1.29 is 18.5 Å². The number of hydrogen-bond acceptors (Lipinski definition) is 6. The molecule has 0 saturated carbocycles. The van der Waals surface area contributed by atoms with Gasteiger partial charge in [0.25, 0.3) is 5.91 Å². The van der Waals surface area contributed by atoms with Gasteiger partial charge in [0.2, 0.25) is 0 Å². The molecule has 0 unspecified atom stereocenters. The minimum atomic E-state index is -0.243. The van der Waals surface area contributed by atoms with Gasteiger partial charge in [0.05, 0.1) is 26.9 Å². The summed E-state index contributed by atoms with van der Waals surface area (Å²) in [6.45, 7) is 0.431. The highest BCUT2D eigenvalue weighted by atomic mass is 32.2. The van der Waals surface area contributed by atoms with Gasteiger partial charge < -0.3 is 19.1 Å². The molecule has 1 amide bonds. The van der Waals surface area contributed by atoms with Crippen LogP contribution in [0, 0.1) is 0 Å². The van der Waals surface area contributed by atoms with Gasteiger partial charge in [-0.1, -0.05) is 30.0 Å². The molecule has 29 heavy (non-hydrogen) atoms. The van der Waals surface area contributed by atoms with Crippen LogP contribution < -0.4 is 10.2 Å². The number of quaternary nitrogens is 1. The third-order valence-electron chi connectivity index (χ3n) is 4.70. The Bertz CT molecular complexity index is 1070. The first-order chi connectivity index (χ1) is 14.1. The van der Waals surface area contributed by atoms with E-state index in [1.807, 2.05) is 50.5 Å². The molecule has 0 aliphatic heterocycles. The number of para-hydroxylation sites is 1. The van der Waals surface area contributed by atoms with Crippen molar-refractivity contribution in [3.05, 3.63) is 66.1 Å². The van der Waals surface area contributed by atoms with Gasteiger partial charge in [-0.2, -0.15) is 5.10 Å². The Morgan fingerprint density at radius 3 is 2.86 bits per heavy atom. The summed E-state index contributed by atoms with van der Waals surface area (Å²) >= 11 is 1.47. The summed E-state index contributed by atoms with van der Waals surface area (Å²) in [5, 5.41) is 11.3. The van der Waals surface area contributed by atoms with E-state index in [-0.39, 0.29) is 11.9 Å². The van der Waals surface area contributed by atoms with Gasteiger partial charge >= 0.3 is 0 Å². The maximum atomic E-state index is 13.0. The van der Waals surface area contributed by atoms with Crippen molar-refractivity contribution >= 4 is 28.6 Å². The van der Waals surface area contributed by atoms with E-state index in [2.05, 4.69) is 20.5 Å². The summed E-state index contributed by atoms with van der Waals surface area (Å²) in [6, 6.07) is 11.4. The molecule has 0 saturated heterocycles. The SMILES string of the molecule is C[NH+](C)[C@H](CNC(=O)c1oc2ccccc2c1CSc1ncn[nH]1)c1ccco1. The second kappa shape index (κ2) is 8.54. The summed E-state index contributed by atoms with van der Waals surface area (Å²) in [5.41, 5.74) is 1.53. The molecular weight excluding hydrogens is 390 g/mol. The molecule has 3 heterocycles. The molecule has 0 fully saturated rings. The van der Waals surface area contributed by atoms with E-state index in [0.717, 1.165) is 21.6 Å². The van der Waals surface area contributed by atoms with E-state index in [4.69, 9.17) is 8.83 Å². The van der Waals surface area contributed by atoms with E-state index in [1.165, 1.54) is 18.1 Å². The number of aromatic amines is 1. The van der Waals surface area contributed by atoms with Crippen molar-refractivity contribution in [2.45, 2.75) is 17.0 Å². The first-order valence-electron chi connectivity index (χ1n) is 9.23. The molecule has 0 aliphatic rings. The Labute approximate surface area is 171 Å². The standard InChI is InChI=1S/C20H21N5O3S/c1-25(2)15(17-8-5-9-27-17)10-21-19(26)18-14(11-29-20-22-12-23-24-20)13-6-3-4-7-16(13)28-18/h3-9,12,15H,10-11H2,1-2H3,(H,21,26)(H,22,23,24)/p+1/t15-/m1/s1. The zero-order chi connectivity index (χ0) is 20.2. The number of benzene rings is 1. The molecule has 0 bridgehead atoms. The molecular formula is C20H22N5O3S+. The third-order valence-corrected chi connectivity index (χ3v) is 5.60. The lowest BCUT2D eigenvalue weighted by Crippen LogP contribution is -3.07. The van der Waals surface area contributed by atoms with Gasteiger partial charge in [0.1, 0.15) is 11.9 Å². The molecule has 1 aromatic carbocycles. The average Bonchev–Trinajstić information content (AvgIpc) is 3.47. The number of carbonyl (C=O) groups excluding carboxylic acids is 1. The van der Waals surface area contributed by atoms with Gasteiger partial charge in [0.15, 0.2) is 22.7 Å². The zero-order valence-corrected chi connectivity index (χ0v) is 17.0. The number of rotatable bonds is 8. The Morgan fingerprint density at radius 2 is 2.14 bits per heavy atom. The maximum Gasteiger partial charge on any atom is 0.287 e. The predicted molar refractivity (Wildman–Crippen MR) is 109 cm³/mol. The lowest BCUT2D eigenvalue weighted by Gasteiger charge is -2.19. The highest BCUT2D eigenvalue weighted by molar-refractivity contribution is 7.98. The number of amides is 1. The Morgan fingerprint density at radius 1 is 1.28 bits per heavy atom. The molecule has 9 heteroatoms. The molecule has 3 aromatic heterocycles. The highest BCUT2D eigenvalue weighted by Crippen LogP contribution is 2.31. The molecule has 3 N–H and O–H groups in total. The Kier molecular flexibility index (Phi) is 5.68. The number of H-pyrrole nitrogens is 1. The molecule has 4 aromatic rings. The van der Waals surface area contributed by atoms with Crippen LogP contribution in [0.3, 0.4) is 0 Å². The lowest BCUT2D eigenvalue weighted by molar-refractivity contribution is -0.891. The van der Waals surface area contributed by atoms with Crippen LogP contribution in [0.2, 0.25) is 0 Å². The number of carbonyl (C=O) groups is 1. The Balaban J connectivity index is 1.55.